The van der Waals surface area contributed by atoms with Gasteiger partial charge in [0.2, 0.25) is 0 Å². The predicted octanol–water partition coefficient (Wildman–Crippen LogP) is 3.56. The molecule has 6 nitrogen and oxygen atoms in total. The normalized spacial score (nSPS) is 30.1. The summed E-state index contributed by atoms with van der Waals surface area (Å²) in [6.07, 6.45) is 2.54. The fourth-order valence-corrected chi connectivity index (χ4v) is 5.84. The number of rotatable bonds is 3. The topological polar surface area (TPSA) is 55.9 Å². The number of nitrogens with one attached hydrogen (secondary N) is 1. The molecule has 2 atom stereocenters. The van der Waals surface area contributed by atoms with Gasteiger partial charge in [0.05, 0.1) is 6.67 Å². The number of halogens is 1. The second-order valence-electron chi connectivity index (χ2n) is 9.83. The van der Waals surface area contributed by atoms with Crippen LogP contribution in [0.1, 0.15) is 40.0 Å². The minimum atomic E-state index is -0.721. The Labute approximate surface area is 178 Å². The van der Waals surface area contributed by atoms with Gasteiger partial charge in [0, 0.05) is 36.9 Å². The van der Waals surface area contributed by atoms with Crippen LogP contribution in [0.5, 0.6) is 0 Å². The van der Waals surface area contributed by atoms with Crippen molar-refractivity contribution >= 4 is 29.2 Å². The minimum Gasteiger partial charge on any atom is -0.369 e. The summed E-state index contributed by atoms with van der Waals surface area (Å²) < 4.78 is 0. The molecule has 2 unspecified atom stereocenters. The number of carbonyl (C=O) groups excluding carboxylic acids is 2. The number of benzene rings is 1. The lowest BCUT2D eigenvalue weighted by Crippen LogP contribution is -2.55. The van der Waals surface area contributed by atoms with Gasteiger partial charge in [-0.05, 0) is 48.8 Å². The third-order valence-electron chi connectivity index (χ3n) is 6.51. The molecular weight excluding hydrogens is 388 g/mol. The molecule has 1 saturated carbocycles. The van der Waals surface area contributed by atoms with Crippen LogP contribution in [0.15, 0.2) is 24.3 Å². The van der Waals surface area contributed by atoms with Crippen molar-refractivity contribution in [3.63, 3.8) is 0 Å². The number of hydrogen-bond acceptors (Lipinski definition) is 4. The third-order valence-corrected chi connectivity index (χ3v) is 6.75. The summed E-state index contributed by atoms with van der Waals surface area (Å²) in [4.78, 5) is 31.9. The summed E-state index contributed by atoms with van der Waals surface area (Å²) >= 11 is 6.11. The Kier molecular flexibility index (Phi) is 5.28. The fourth-order valence-electron chi connectivity index (χ4n) is 5.65. The SMILES string of the molecule is CC1CC(C)(C)CC2(C1)NC(=O)N(CN1CCN(c3cccc(Cl)c3)CC1)C2=O. The van der Waals surface area contributed by atoms with Crippen molar-refractivity contribution in [2.45, 2.75) is 45.6 Å². The molecule has 1 aliphatic carbocycles. The zero-order valence-electron chi connectivity index (χ0n) is 17.6. The number of urea groups is 1. The van der Waals surface area contributed by atoms with Gasteiger partial charge in [-0.2, -0.15) is 0 Å². The highest BCUT2D eigenvalue weighted by Crippen LogP contribution is 2.46. The van der Waals surface area contributed by atoms with Crippen molar-refractivity contribution in [3.8, 4) is 0 Å². The average molecular weight is 419 g/mol. The first-order chi connectivity index (χ1) is 13.7. The first kappa shape index (κ1) is 20.5. The largest absolute Gasteiger partial charge is 0.369 e. The first-order valence-electron chi connectivity index (χ1n) is 10.5. The number of nitrogens with zero attached hydrogens (tertiary/aromatic N) is 3. The Morgan fingerprint density at radius 1 is 1.14 bits per heavy atom. The lowest BCUT2D eigenvalue weighted by molar-refractivity contribution is -0.136. The summed E-state index contributed by atoms with van der Waals surface area (Å²) in [6.45, 7) is 10.2. The Bertz CT molecular complexity index is 806. The maximum absolute atomic E-state index is 13.3. The van der Waals surface area contributed by atoms with Crippen molar-refractivity contribution in [2.24, 2.45) is 11.3 Å². The van der Waals surface area contributed by atoms with E-state index in [1.807, 2.05) is 18.2 Å². The summed E-state index contributed by atoms with van der Waals surface area (Å²) in [5.41, 5.74) is 0.449. The van der Waals surface area contributed by atoms with E-state index in [2.05, 4.69) is 42.0 Å². The summed E-state index contributed by atoms with van der Waals surface area (Å²) in [7, 11) is 0. The molecule has 1 aromatic carbocycles. The van der Waals surface area contributed by atoms with E-state index in [-0.39, 0.29) is 17.4 Å². The molecule has 7 heteroatoms. The van der Waals surface area contributed by atoms with Gasteiger partial charge in [-0.25, -0.2) is 9.69 Å². The second kappa shape index (κ2) is 7.47. The molecule has 29 heavy (non-hydrogen) atoms. The Balaban J connectivity index is 1.39. The molecule has 3 aliphatic rings. The fraction of sp³-hybridized carbons (Fsp3) is 0.636. The van der Waals surface area contributed by atoms with Crippen molar-refractivity contribution in [1.29, 1.82) is 0 Å². The molecule has 1 N–H and O–H groups in total. The van der Waals surface area contributed by atoms with Gasteiger partial charge in [0.15, 0.2) is 0 Å². The van der Waals surface area contributed by atoms with E-state index in [1.54, 1.807) is 0 Å². The smallest absolute Gasteiger partial charge is 0.326 e. The van der Waals surface area contributed by atoms with Crippen LogP contribution in [0.4, 0.5) is 10.5 Å². The summed E-state index contributed by atoms with van der Waals surface area (Å²) in [5, 5.41) is 3.81. The minimum absolute atomic E-state index is 0.0422. The van der Waals surface area contributed by atoms with Gasteiger partial charge in [-0.3, -0.25) is 9.69 Å². The highest BCUT2D eigenvalue weighted by Gasteiger charge is 2.56. The number of hydrogen-bond donors (Lipinski definition) is 1. The van der Waals surface area contributed by atoms with Gasteiger partial charge < -0.3 is 10.2 Å². The molecule has 3 amide bonds. The van der Waals surface area contributed by atoms with E-state index in [0.717, 1.165) is 49.7 Å². The van der Waals surface area contributed by atoms with Crippen LogP contribution in [0.2, 0.25) is 5.02 Å². The van der Waals surface area contributed by atoms with Crippen LogP contribution < -0.4 is 10.2 Å². The zero-order chi connectivity index (χ0) is 20.8. The lowest BCUT2D eigenvalue weighted by atomic mass is 9.64. The molecule has 2 saturated heterocycles. The van der Waals surface area contributed by atoms with E-state index in [1.165, 1.54) is 4.90 Å². The maximum Gasteiger partial charge on any atom is 0.326 e. The van der Waals surface area contributed by atoms with Crippen LogP contribution in [-0.4, -0.2) is 60.1 Å². The van der Waals surface area contributed by atoms with E-state index in [0.29, 0.717) is 19.0 Å². The Morgan fingerprint density at radius 3 is 2.52 bits per heavy atom. The molecule has 1 aromatic rings. The standard InChI is InChI=1S/C22H31ClN4O2/c1-16-12-21(2,3)14-22(13-16)19(28)27(20(29)24-22)15-25-7-9-26(10-8-25)18-6-4-5-17(23)11-18/h4-6,11,16H,7-10,12-15H2,1-3H3,(H,24,29). The van der Waals surface area contributed by atoms with E-state index >= 15 is 0 Å². The molecule has 0 bridgehead atoms. The monoisotopic (exact) mass is 418 g/mol. The van der Waals surface area contributed by atoms with Crippen molar-refractivity contribution in [2.75, 3.05) is 37.7 Å². The van der Waals surface area contributed by atoms with Crippen LogP contribution >= 0.6 is 11.6 Å². The second-order valence-corrected chi connectivity index (χ2v) is 10.3. The van der Waals surface area contributed by atoms with E-state index < -0.39 is 5.54 Å². The van der Waals surface area contributed by atoms with Gasteiger partial charge in [-0.1, -0.05) is 38.4 Å². The van der Waals surface area contributed by atoms with Gasteiger partial charge in [-0.15, -0.1) is 0 Å². The number of imide groups is 1. The average Bonchev–Trinajstić information content (AvgIpc) is 2.84. The van der Waals surface area contributed by atoms with Gasteiger partial charge in [0.1, 0.15) is 5.54 Å². The molecule has 0 aromatic heterocycles. The molecule has 4 rings (SSSR count). The van der Waals surface area contributed by atoms with E-state index in [9.17, 15) is 9.59 Å². The maximum atomic E-state index is 13.3. The van der Waals surface area contributed by atoms with E-state index in [4.69, 9.17) is 11.6 Å². The van der Waals surface area contributed by atoms with Gasteiger partial charge >= 0.3 is 6.03 Å². The van der Waals surface area contributed by atoms with Crippen molar-refractivity contribution in [3.05, 3.63) is 29.3 Å². The molecule has 2 heterocycles. The Hall–Kier alpha value is -1.79. The van der Waals surface area contributed by atoms with Crippen LogP contribution in [0.3, 0.4) is 0 Å². The third kappa shape index (κ3) is 4.10. The molecule has 1 spiro atoms. The number of carbonyl (C=O) groups is 2. The quantitative estimate of drug-likeness (QED) is 0.762. The molecular formula is C22H31ClN4O2. The number of amides is 3. The molecule has 3 fully saturated rings. The highest BCUT2D eigenvalue weighted by atomic mass is 35.5. The molecule has 2 aliphatic heterocycles. The molecule has 158 valence electrons. The van der Waals surface area contributed by atoms with Crippen molar-refractivity contribution in [1.82, 2.24) is 15.1 Å². The number of piperazine rings is 1. The molecule has 0 radical (unpaired) electrons. The first-order valence-corrected chi connectivity index (χ1v) is 10.9. The summed E-state index contributed by atoms with van der Waals surface area (Å²) in [5.74, 6) is 0.378. The van der Waals surface area contributed by atoms with Crippen LogP contribution in [0, 0.1) is 11.3 Å². The van der Waals surface area contributed by atoms with Crippen LogP contribution in [-0.2, 0) is 4.79 Å². The van der Waals surface area contributed by atoms with Crippen molar-refractivity contribution < 1.29 is 9.59 Å². The summed E-state index contributed by atoms with van der Waals surface area (Å²) in [6, 6.07) is 7.64. The zero-order valence-corrected chi connectivity index (χ0v) is 18.3. The number of anilines is 1. The predicted molar refractivity (Wildman–Crippen MR) is 115 cm³/mol. The lowest BCUT2D eigenvalue weighted by Gasteiger charge is -2.44. The Morgan fingerprint density at radius 2 is 1.86 bits per heavy atom. The highest BCUT2D eigenvalue weighted by molar-refractivity contribution is 6.30. The van der Waals surface area contributed by atoms with Crippen LogP contribution in [0.25, 0.3) is 0 Å². The van der Waals surface area contributed by atoms with Gasteiger partial charge in [0.25, 0.3) is 5.91 Å².